The lowest BCUT2D eigenvalue weighted by molar-refractivity contribution is -0.00536. The van der Waals surface area contributed by atoms with Gasteiger partial charge in [0.15, 0.2) is 0 Å². The molecule has 8 heteroatoms. The van der Waals surface area contributed by atoms with Gasteiger partial charge in [0.1, 0.15) is 19.3 Å². The summed E-state index contributed by atoms with van der Waals surface area (Å²) in [6, 6.07) is 0.110. The van der Waals surface area contributed by atoms with Crippen LogP contribution in [0.15, 0.2) is 0 Å². The highest BCUT2D eigenvalue weighted by molar-refractivity contribution is 5.68. The van der Waals surface area contributed by atoms with Crippen molar-refractivity contribution < 1.29 is 23.8 Å². The van der Waals surface area contributed by atoms with Crippen LogP contribution in [-0.2, 0) is 14.2 Å². The number of unbranched alkanes of at least 4 members (excludes halogenated alkanes) is 15. The molecule has 1 saturated heterocycles. The number of hydrogen-bond acceptors (Lipinski definition) is 6. The van der Waals surface area contributed by atoms with Crippen LogP contribution >= 0.6 is 0 Å². The SMILES string of the molecule is CCCCCCCCCCCCCCCCCCNC(=O)OCC(COC(=O)NC1CCCN(CC)C1)OC. The highest BCUT2D eigenvalue weighted by Gasteiger charge is 2.21. The Bertz CT molecular complexity index is 593. The van der Waals surface area contributed by atoms with Gasteiger partial charge in [-0.1, -0.05) is 110 Å². The fourth-order valence-corrected chi connectivity index (χ4v) is 5.10. The van der Waals surface area contributed by atoms with Crippen molar-refractivity contribution in [2.45, 2.75) is 142 Å². The van der Waals surface area contributed by atoms with Gasteiger partial charge in [0.05, 0.1) is 0 Å². The molecule has 2 unspecified atom stereocenters. The van der Waals surface area contributed by atoms with Gasteiger partial charge in [-0.15, -0.1) is 0 Å². The molecule has 1 fully saturated rings. The van der Waals surface area contributed by atoms with Crippen LogP contribution in [0.4, 0.5) is 9.59 Å². The summed E-state index contributed by atoms with van der Waals surface area (Å²) >= 11 is 0. The summed E-state index contributed by atoms with van der Waals surface area (Å²) in [6.45, 7) is 8.01. The third kappa shape index (κ3) is 21.0. The fraction of sp³-hybridized carbons (Fsp3) is 0.935. The maximum atomic E-state index is 12.1. The molecule has 39 heavy (non-hydrogen) atoms. The van der Waals surface area contributed by atoms with E-state index in [9.17, 15) is 9.59 Å². The molecule has 1 aliphatic heterocycles. The van der Waals surface area contributed by atoms with E-state index >= 15 is 0 Å². The molecule has 1 rings (SSSR count). The average Bonchev–Trinajstić information content (AvgIpc) is 2.94. The molecule has 2 atom stereocenters. The van der Waals surface area contributed by atoms with Gasteiger partial charge in [-0.3, -0.25) is 0 Å². The fourth-order valence-electron chi connectivity index (χ4n) is 5.10. The molecule has 230 valence electrons. The Morgan fingerprint density at radius 2 is 1.28 bits per heavy atom. The molecule has 2 N–H and O–H groups in total. The molecule has 8 nitrogen and oxygen atoms in total. The van der Waals surface area contributed by atoms with Crippen molar-refractivity contribution in [3.63, 3.8) is 0 Å². The van der Waals surface area contributed by atoms with E-state index in [-0.39, 0.29) is 19.3 Å². The number of hydrogen-bond donors (Lipinski definition) is 2. The molecular formula is C31H61N3O5. The second-order valence-corrected chi connectivity index (χ2v) is 11.2. The number of likely N-dealkylation sites (N-methyl/N-ethyl adjacent to an activating group) is 1. The second kappa shape index (κ2) is 25.4. The normalized spacial score (nSPS) is 16.5. The minimum absolute atomic E-state index is 0.0406. The van der Waals surface area contributed by atoms with Crippen LogP contribution < -0.4 is 10.6 Å². The number of piperidine rings is 1. The van der Waals surface area contributed by atoms with Crippen LogP contribution in [0.3, 0.4) is 0 Å². The molecule has 0 bridgehead atoms. The maximum absolute atomic E-state index is 12.1. The maximum Gasteiger partial charge on any atom is 0.407 e. The van der Waals surface area contributed by atoms with Gasteiger partial charge in [0.25, 0.3) is 0 Å². The number of carbonyl (C=O) groups is 2. The van der Waals surface area contributed by atoms with Crippen LogP contribution in [0, 0.1) is 0 Å². The summed E-state index contributed by atoms with van der Waals surface area (Å²) in [6.07, 6.45) is 21.9. The van der Waals surface area contributed by atoms with Gasteiger partial charge in [0, 0.05) is 26.2 Å². The summed E-state index contributed by atoms with van der Waals surface area (Å²) in [5, 5.41) is 5.72. The first-order valence-electron chi connectivity index (χ1n) is 16.2. The lowest BCUT2D eigenvalue weighted by Gasteiger charge is -2.32. The predicted octanol–water partition coefficient (Wildman–Crippen LogP) is 7.20. The van der Waals surface area contributed by atoms with Gasteiger partial charge in [-0.05, 0) is 32.4 Å². The Morgan fingerprint density at radius 1 is 0.769 bits per heavy atom. The number of carbonyl (C=O) groups excluding carboxylic acids is 2. The number of rotatable bonds is 24. The van der Waals surface area contributed by atoms with Crippen LogP contribution in [0.5, 0.6) is 0 Å². The Kier molecular flexibility index (Phi) is 23.1. The number of nitrogens with one attached hydrogen (secondary N) is 2. The summed E-state index contributed by atoms with van der Waals surface area (Å²) in [5.41, 5.74) is 0. The lowest BCUT2D eigenvalue weighted by atomic mass is 10.0. The van der Waals surface area contributed by atoms with Crippen LogP contribution in [0.1, 0.15) is 129 Å². The predicted molar refractivity (Wildman–Crippen MR) is 159 cm³/mol. The quantitative estimate of drug-likeness (QED) is 0.122. The first-order valence-corrected chi connectivity index (χ1v) is 16.2. The standard InChI is InChI=1S/C31H61N3O5/c1-4-6-7-8-9-10-11-12-13-14-15-16-17-18-19-20-23-32-30(35)38-26-29(37-3)27-39-31(36)33-28-22-21-24-34(5-2)25-28/h28-29H,4-27H2,1-3H3,(H,32,35)(H,33,36). The second-order valence-electron chi connectivity index (χ2n) is 11.2. The van der Waals surface area contributed by atoms with E-state index in [4.69, 9.17) is 14.2 Å². The smallest absolute Gasteiger partial charge is 0.407 e. The zero-order chi connectivity index (χ0) is 28.4. The zero-order valence-electron chi connectivity index (χ0n) is 25.6. The van der Waals surface area contributed by atoms with E-state index in [1.165, 1.54) is 97.0 Å². The third-order valence-corrected chi connectivity index (χ3v) is 7.71. The highest BCUT2D eigenvalue weighted by Crippen LogP contribution is 2.14. The molecule has 1 heterocycles. The van der Waals surface area contributed by atoms with E-state index in [1.807, 2.05) is 0 Å². The Morgan fingerprint density at radius 3 is 1.79 bits per heavy atom. The lowest BCUT2D eigenvalue weighted by Crippen LogP contribution is -2.48. The Balaban J connectivity index is 1.90. The third-order valence-electron chi connectivity index (χ3n) is 7.71. The van der Waals surface area contributed by atoms with Crippen molar-refractivity contribution in [3.05, 3.63) is 0 Å². The van der Waals surface area contributed by atoms with Crippen molar-refractivity contribution in [2.24, 2.45) is 0 Å². The van der Waals surface area contributed by atoms with Crippen molar-refractivity contribution in [2.75, 3.05) is 46.5 Å². The number of nitrogens with zero attached hydrogens (tertiary/aromatic N) is 1. The first-order chi connectivity index (χ1) is 19.1. The highest BCUT2D eigenvalue weighted by atomic mass is 16.6. The van der Waals surface area contributed by atoms with E-state index in [2.05, 4.69) is 29.4 Å². The van der Waals surface area contributed by atoms with Crippen molar-refractivity contribution in [3.8, 4) is 0 Å². The molecule has 0 aromatic rings. The molecule has 1 aliphatic rings. The number of amides is 2. The number of methoxy groups -OCH3 is 1. The Hall–Kier alpha value is -1.54. The largest absolute Gasteiger partial charge is 0.447 e. The van der Waals surface area contributed by atoms with Crippen LogP contribution in [0.2, 0.25) is 0 Å². The van der Waals surface area contributed by atoms with Crippen molar-refractivity contribution >= 4 is 12.2 Å². The minimum Gasteiger partial charge on any atom is -0.447 e. The van der Waals surface area contributed by atoms with Crippen LogP contribution in [-0.4, -0.2) is 75.7 Å². The van der Waals surface area contributed by atoms with Crippen LogP contribution in [0.25, 0.3) is 0 Å². The molecule has 0 aromatic carbocycles. The van der Waals surface area contributed by atoms with Crippen molar-refractivity contribution in [1.82, 2.24) is 15.5 Å². The van der Waals surface area contributed by atoms with E-state index in [0.29, 0.717) is 6.54 Å². The summed E-state index contributed by atoms with van der Waals surface area (Å²) < 4.78 is 15.8. The van der Waals surface area contributed by atoms with E-state index < -0.39 is 18.3 Å². The van der Waals surface area contributed by atoms with Gasteiger partial charge in [-0.25, -0.2) is 9.59 Å². The van der Waals surface area contributed by atoms with Gasteiger partial charge >= 0.3 is 12.2 Å². The van der Waals surface area contributed by atoms with Gasteiger partial charge in [-0.2, -0.15) is 0 Å². The van der Waals surface area contributed by atoms with Crippen molar-refractivity contribution in [1.29, 1.82) is 0 Å². The molecule has 0 saturated carbocycles. The molecule has 0 radical (unpaired) electrons. The molecule has 0 spiro atoms. The summed E-state index contributed by atoms with van der Waals surface area (Å²) in [7, 11) is 1.52. The number of ether oxygens (including phenoxy) is 3. The number of alkyl carbamates (subject to hydrolysis) is 2. The van der Waals surface area contributed by atoms with E-state index in [1.54, 1.807) is 0 Å². The molecular weight excluding hydrogens is 494 g/mol. The van der Waals surface area contributed by atoms with Gasteiger partial charge < -0.3 is 29.7 Å². The zero-order valence-corrected chi connectivity index (χ0v) is 25.6. The monoisotopic (exact) mass is 555 g/mol. The summed E-state index contributed by atoms with van der Waals surface area (Å²) in [5.74, 6) is 0. The topological polar surface area (TPSA) is 89.1 Å². The Labute approximate surface area is 239 Å². The minimum atomic E-state index is -0.490. The molecule has 0 aliphatic carbocycles. The average molecular weight is 556 g/mol. The first kappa shape index (κ1) is 35.5. The van der Waals surface area contributed by atoms with Gasteiger partial charge in [0.2, 0.25) is 0 Å². The summed E-state index contributed by atoms with van der Waals surface area (Å²) in [4.78, 5) is 26.4. The molecule has 0 aromatic heterocycles. The number of likely N-dealkylation sites (tertiary alicyclic amines) is 1. The molecule has 2 amide bonds. The van der Waals surface area contributed by atoms with E-state index in [0.717, 1.165) is 45.3 Å².